The van der Waals surface area contributed by atoms with E-state index in [-0.39, 0.29) is 13.0 Å². The van der Waals surface area contributed by atoms with Gasteiger partial charge in [0.1, 0.15) is 6.04 Å². The van der Waals surface area contributed by atoms with Crippen LogP contribution in [0.1, 0.15) is 25.3 Å². The Kier molecular flexibility index (Phi) is 5.85. The normalized spacial score (nSPS) is 11.8. The molecule has 1 aromatic rings. The first-order valence-corrected chi connectivity index (χ1v) is 6.32. The highest BCUT2D eigenvalue weighted by Gasteiger charge is 2.29. The van der Waals surface area contributed by atoms with E-state index >= 15 is 0 Å². The van der Waals surface area contributed by atoms with Crippen molar-refractivity contribution in [3.8, 4) is 0 Å². The molecule has 0 fully saturated rings. The summed E-state index contributed by atoms with van der Waals surface area (Å²) in [5, 5.41) is 18.4. The van der Waals surface area contributed by atoms with Crippen LogP contribution in [0.3, 0.4) is 0 Å². The zero-order valence-corrected chi connectivity index (χ0v) is 11.0. The molecule has 0 bridgehead atoms. The Morgan fingerprint density at radius 2 is 1.84 bits per heavy atom. The molecule has 0 heterocycles. The molecule has 0 saturated carbocycles. The lowest BCUT2D eigenvalue weighted by Gasteiger charge is -2.26. The van der Waals surface area contributed by atoms with Crippen molar-refractivity contribution in [2.45, 2.75) is 32.2 Å². The molecule has 0 radical (unpaired) electrons. The number of aliphatic carboxylic acids is 1. The number of carboxylic acid groups (broad SMARTS) is 2. The second-order valence-corrected chi connectivity index (χ2v) is 4.37. The number of nitrogens with zero attached hydrogens (tertiary/aromatic N) is 1. The molecular formula is C14H19NO4. The molecule has 1 unspecified atom stereocenters. The second-order valence-electron chi connectivity index (χ2n) is 4.37. The van der Waals surface area contributed by atoms with E-state index < -0.39 is 18.1 Å². The molecular weight excluding hydrogens is 246 g/mol. The van der Waals surface area contributed by atoms with Crippen molar-refractivity contribution >= 4 is 12.1 Å². The standard InChI is InChI=1S/C14H19NO4/c1-2-3-9-15(14(18)19)12(13(16)17)10-11-7-5-4-6-8-11/h4-8,12H,2-3,9-10H2,1H3,(H,16,17)(H,18,19). The lowest BCUT2D eigenvalue weighted by molar-refractivity contribution is -0.142. The van der Waals surface area contributed by atoms with Crippen molar-refractivity contribution in [2.24, 2.45) is 0 Å². The maximum Gasteiger partial charge on any atom is 0.408 e. The zero-order chi connectivity index (χ0) is 14.3. The second kappa shape index (κ2) is 7.41. The molecule has 2 N–H and O–H groups in total. The summed E-state index contributed by atoms with van der Waals surface area (Å²) < 4.78 is 0. The fourth-order valence-corrected chi connectivity index (χ4v) is 1.88. The van der Waals surface area contributed by atoms with Crippen LogP contribution in [0, 0.1) is 0 Å². The van der Waals surface area contributed by atoms with Gasteiger partial charge in [0.25, 0.3) is 0 Å². The summed E-state index contributed by atoms with van der Waals surface area (Å²) in [5.41, 5.74) is 0.817. The van der Waals surface area contributed by atoms with Crippen LogP contribution in [0.25, 0.3) is 0 Å². The van der Waals surface area contributed by atoms with E-state index in [2.05, 4.69) is 0 Å². The third-order valence-electron chi connectivity index (χ3n) is 2.93. The summed E-state index contributed by atoms with van der Waals surface area (Å²) in [6, 6.07) is 8.03. The lowest BCUT2D eigenvalue weighted by atomic mass is 10.0. The van der Waals surface area contributed by atoms with E-state index in [0.717, 1.165) is 16.9 Å². The van der Waals surface area contributed by atoms with Gasteiger partial charge in [0.15, 0.2) is 0 Å². The Labute approximate surface area is 112 Å². The molecule has 0 aliphatic rings. The van der Waals surface area contributed by atoms with Gasteiger partial charge in [0.2, 0.25) is 0 Å². The maximum atomic E-state index is 11.3. The van der Waals surface area contributed by atoms with Crippen LogP contribution in [0.2, 0.25) is 0 Å². The molecule has 0 aliphatic carbocycles. The Balaban J connectivity index is 2.85. The monoisotopic (exact) mass is 265 g/mol. The average Bonchev–Trinajstić information content (AvgIpc) is 2.38. The highest BCUT2D eigenvalue weighted by atomic mass is 16.4. The van der Waals surface area contributed by atoms with Gasteiger partial charge >= 0.3 is 12.1 Å². The van der Waals surface area contributed by atoms with Gasteiger partial charge in [-0.3, -0.25) is 4.90 Å². The fourth-order valence-electron chi connectivity index (χ4n) is 1.88. The van der Waals surface area contributed by atoms with Crippen molar-refractivity contribution in [3.63, 3.8) is 0 Å². The first-order valence-electron chi connectivity index (χ1n) is 6.32. The third kappa shape index (κ3) is 4.62. The Morgan fingerprint density at radius 3 is 2.32 bits per heavy atom. The molecule has 0 spiro atoms. The van der Waals surface area contributed by atoms with Gasteiger partial charge in [-0.05, 0) is 12.0 Å². The van der Waals surface area contributed by atoms with Gasteiger partial charge in [0.05, 0.1) is 0 Å². The van der Waals surface area contributed by atoms with Crippen LogP contribution in [0.5, 0.6) is 0 Å². The SMILES string of the molecule is CCCCN(C(=O)O)C(Cc1ccccc1)C(=O)O. The maximum absolute atomic E-state index is 11.3. The van der Waals surface area contributed by atoms with Gasteiger partial charge in [-0.2, -0.15) is 0 Å². The van der Waals surface area contributed by atoms with Crippen LogP contribution in [0.4, 0.5) is 4.79 Å². The first kappa shape index (κ1) is 15.0. The van der Waals surface area contributed by atoms with Crippen LogP contribution >= 0.6 is 0 Å². The molecule has 1 atom stereocenters. The van der Waals surface area contributed by atoms with E-state index in [1.807, 2.05) is 25.1 Å². The number of unbranched alkanes of at least 4 members (excludes halogenated alkanes) is 1. The summed E-state index contributed by atoms with van der Waals surface area (Å²) in [6.07, 6.45) is 0.482. The van der Waals surface area contributed by atoms with E-state index in [1.54, 1.807) is 12.1 Å². The van der Waals surface area contributed by atoms with E-state index in [0.29, 0.717) is 6.42 Å². The number of hydrogen-bond acceptors (Lipinski definition) is 2. The first-order chi connectivity index (χ1) is 9.06. The van der Waals surface area contributed by atoms with Crippen molar-refractivity contribution in [1.82, 2.24) is 4.90 Å². The molecule has 19 heavy (non-hydrogen) atoms. The fraction of sp³-hybridized carbons (Fsp3) is 0.429. The van der Waals surface area contributed by atoms with Crippen LogP contribution < -0.4 is 0 Å². The topological polar surface area (TPSA) is 77.8 Å². The quantitative estimate of drug-likeness (QED) is 0.793. The highest BCUT2D eigenvalue weighted by molar-refractivity contribution is 5.79. The van der Waals surface area contributed by atoms with Gasteiger partial charge in [-0.15, -0.1) is 0 Å². The summed E-state index contributed by atoms with van der Waals surface area (Å²) in [7, 11) is 0. The predicted molar refractivity (Wildman–Crippen MR) is 71.2 cm³/mol. The molecule has 0 saturated heterocycles. The minimum atomic E-state index is -1.18. The molecule has 1 rings (SSSR count). The number of carboxylic acids is 1. The largest absolute Gasteiger partial charge is 0.480 e. The summed E-state index contributed by atoms with van der Waals surface area (Å²) >= 11 is 0. The molecule has 0 aromatic heterocycles. The number of benzene rings is 1. The van der Waals surface area contributed by atoms with Gasteiger partial charge in [0, 0.05) is 13.0 Å². The highest BCUT2D eigenvalue weighted by Crippen LogP contribution is 2.11. The molecule has 1 amide bonds. The molecule has 0 aliphatic heterocycles. The average molecular weight is 265 g/mol. The summed E-state index contributed by atoms with van der Waals surface area (Å²) in [5.74, 6) is -1.11. The van der Waals surface area contributed by atoms with Gasteiger partial charge in [-0.25, -0.2) is 9.59 Å². The Hall–Kier alpha value is -2.04. The van der Waals surface area contributed by atoms with E-state index in [1.165, 1.54) is 0 Å². The summed E-state index contributed by atoms with van der Waals surface area (Å²) in [4.78, 5) is 23.5. The van der Waals surface area contributed by atoms with Gasteiger partial charge < -0.3 is 10.2 Å². The molecule has 5 nitrogen and oxygen atoms in total. The Bertz CT molecular complexity index is 419. The molecule has 5 heteroatoms. The van der Waals surface area contributed by atoms with Crippen LogP contribution in [-0.4, -0.2) is 39.8 Å². The van der Waals surface area contributed by atoms with Crippen molar-refractivity contribution in [2.75, 3.05) is 6.54 Å². The third-order valence-corrected chi connectivity index (χ3v) is 2.93. The van der Waals surface area contributed by atoms with E-state index in [9.17, 15) is 14.7 Å². The van der Waals surface area contributed by atoms with Crippen LogP contribution in [0.15, 0.2) is 30.3 Å². The number of carbonyl (C=O) groups is 2. The molecule has 1 aromatic carbocycles. The zero-order valence-electron chi connectivity index (χ0n) is 11.0. The Morgan fingerprint density at radius 1 is 1.21 bits per heavy atom. The van der Waals surface area contributed by atoms with Gasteiger partial charge in [-0.1, -0.05) is 43.7 Å². The predicted octanol–water partition coefficient (Wildman–Crippen LogP) is 2.46. The van der Waals surface area contributed by atoms with Crippen molar-refractivity contribution in [3.05, 3.63) is 35.9 Å². The number of rotatable bonds is 7. The minimum absolute atomic E-state index is 0.187. The smallest absolute Gasteiger partial charge is 0.408 e. The van der Waals surface area contributed by atoms with E-state index in [4.69, 9.17) is 5.11 Å². The number of hydrogen-bond donors (Lipinski definition) is 2. The van der Waals surface area contributed by atoms with Crippen LogP contribution in [-0.2, 0) is 11.2 Å². The lowest BCUT2D eigenvalue weighted by Crippen LogP contribution is -2.46. The van der Waals surface area contributed by atoms with Crippen molar-refractivity contribution < 1.29 is 19.8 Å². The summed E-state index contributed by atoms with van der Waals surface area (Å²) in [6.45, 7) is 2.18. The minimum Gasteiger partial charge on any atom is -0.480 e. The van der Waals surface area contributed by atoms with Crippen molar-refractivity contribution in [1.29, 1.82) is 0 Å². The number of amides is 1. The molecule has 104 valence electrons.